The third kappa shape index (κ3) is 4.79. The highest BCUT2D eigenvalue weighted by Gasteiger charge is 2.19. The molecular weight excluding hydrogens is 631 g/mol. The summed E-state index contributed by atoms with van der Waals surface area (Å²) in [6, 6.07) is 56.8. The van der Waals surface area contributed by atoms with Crippen LogP contribution in [-0.4, -0.2) is 15.0 Å². The second-order valence-corrected chi connectivity index (χ2v) is 13.5. The molecule has 4 nitrogen and oxygen atoms in total. The van der Waals surface area contributed by atoms with Gasteiger partial charge in [-0.25, -0.2) is 15.0 Å². The fourth-order valence-corrected chi connectivity index (χ4v) is 8.12. The third-order valence-corrected chi connectivity index (χ3v) is 10.5. The Hall–Kier alpha value is -6.43. The highest BCUT2D eigenvalue weighted by atomic mass is 32.1. The largest absolute Gasteiger partial charge is 0.455 e. The van der Waals surface area contributed by atoms with Gasteiger partial charge in [0, 0.05) is 53.2 Å². The number of hydrogen-bond donors (Lipinski definition) is 0. The third-order valence-electron chi connectivity index (χ3n) is 9.33. The van der Waals surface area contributed by atoms with Gasteiger partial charge < -0.3 is 4.42 Å². The standard InChI is InChI=1S/C45H27N3OS/c1-4-13-28(14-5-1)32-25-36(42-37(26-32)33-19-10-11-21-38(33)49-42)31-23-24-34-40(27-31)50-39-22-12-20-35(41(34)39)45-47-43(29-15-6-2-7-16-29)46-44(48-45)30-17-8-3-9-18-30/h1-27H. The van der Waals surface area contributed by atoms with Crippen molar-refractivity contribution in [2.75, 3.05) is 0 Å². The van der Waals surface area contributed by atoms with Crippen LogP contribution in [0.2, 0.25) is 0 Å². The summed E-state index contributed by atoms with van der Waals surface area (Å²) in [6.07, 6.45) is 0. The van der Waals surface area contributed by atoms with E-state index in [-0.39, 0.29) is 0 Å². The van der Waals surface area contributed by atoms with Gasteiger partial charge in [-0.3, -0.25) is 0 Å². The van der Waals surface area contributed by atoms with E-state index >= 15 is 0 Å². The number of benzene rings is 7. The van der Waals surface area contributed by atoms with Crippen LogP contribution in [0, 0.1) is 0 Å². The SMILES string of the molecule is c1ccc(-c2cc(-c3ccc4c(c3)sc3cccc(-c5nc(-c6ccccc6)nc(-c6ccccc6)n5)c34)c3oc4ccccc4c3c2)cc1. The van der Waals surface area contributed by atoms with Crippen molar-refractivity contribution in [1.82, 2.24) is 15.0 Å². The zero-order valence-electron chi connectivity index (χ0n) is 26.7. The Balaban J connectivity index is 1.17. The van der Waals surface area contributed by atoms with E-state index in [0.717, 1.165) is 60.7 Å². The fourth-order valence-electron chi connectivity index (χ4n) is 6.95. The molecule has 0 fully saturated rings. The molecule has 10 rings (SSSR count). The van der Waals surface area contributed by atoms with Crippen molar-refractivity contribution in [2.24, 2.45) is 0 Å². The maximum absolute atomic E-state index is 6.55. The molecule has 0 radical (unpaired) electrons. The van der Waals surface area contributed by atoms with Gasteiger partial charge in [0.25, 0.3) is 0 Å². The van der Waals surface area contributed by atoms with Crippen LogP contribution >= 0.6 is 11.3 Å². The monoisotopic (exact) mass is 657 g/mol. The van der Waals surface area contributed by atoms with E-state index in [1.165, 1.54) is 20.3 Å². The van der Waals surface area contributed by atoms with Crippen molar-refractivity contribution < 1.29 is 4.42 Å². The fraction of sp³-hybridized carbons (Fsp3) is 0. The van der Waals surface area contributed by atoms with Crippen LogP contribution in [0.1, 0.15) is 0 Å². The molecule has 0 aliphatic carbocycles. The average molecular weight is 658 g/mol. The second-order valence-electron chi connectivity index (χ2n) is 12.4. The minimum absolute atomic E-state index is 0.654. The number of nitrogens with zero attached hydrogens (tertiary/aromatic N) is 3. The van der Waals surface area contributed by atoms with Gasteiger partial charge in [-0.05, 0) is 47.0 Å². The lowest BCUT2D eigenvalue weighted by Crippen LogP contribution is -2.00. The second kappa shape index (κ2) is 11.6. The summed E-state index contributed by atoms with van der Waals surface area (Å²) >= 11 is 1.79. The molecule has 0 spiro atoms. The first-order valence-corrected chi connectivity index (χ1v) is 17.4. The molecule has 0 atom stereocenters. The van der Waals surface area contributed by atoms with E-state index in [1.54, 1.807) is 11.3 Å². The number of fused-ring (bicyclic) bond motifs is 6. The first-order valence-electron chi connectivity index (χ1n) is 16.6. The zero-order valence-corrected chi connectivity index (χ0v) is 27.6. The molecule has 3 heterocycles. The van der Waals surface area contributed by atoms with Gasteiger partial charge in [0.1, 0.15) is 11.2 Å². The smallest absolute Gasteiger partial charge is 0.164 e. The summed E-state index contributed by atoms with van der Waals surface area (Å²) in [5, 5.41) is 4.56. The van der Waals surface area contributed by atoms with Crippen molar-refractivity contribution >= 4 is 53.4 Å². The number of furan rings is 1. The number of aromatic nitrogens is 3. The predicted molar refractivity (Wildman–Crippen MR) is 207 cm³/mol. The number of thiophene rings is 1. The van der Waals surface area contributed by atoms with Gasteiger partial charge >= 0.3 is 0 Å². The summed E-state index contributed by atoms with van der Waals surface area (Å²) in [6.45, 7) is 0. The molecule has 0 bridgehead atoms. The Bertz CT molecular complexity index is 2800. The number of rotatable bonds is 5. The predicted octanol–water partition coefficient (Wildman–Crippen LogP) is 12.5. The van der Waals surface area contributed by atoms with Gasteiger partial charge in [-0.2, -0.15) is 0 Å². The summed E-state index contributed by atoms with van der Waals surface area (Å²) in [7, 11) is 0. The molecule has 5 heteroatoms. The molecule has 0 unspecified atom stereocenters. The Kier molecular flexibility index (Phi) is 6.64. The summed E-state index contributed by atoms with van der Waals surface area (Å²) < 4.78 is 8.93. The Morgan fingerprint density at radius 3 is 1.74 bits per heavy atom. The van der Waals surface area contributed by atoms with Gasteiger partial charge in [-0.15, -0.1) is 11.3 Å². The minimum Gasteiger partial charge on any atom is -0.455 e. The summed E-state index contributed by atoms with van der Waals surface area (Å²) in [5.41, 5.74) is 9.23. The zero-order chi connectivity index (χ0) is 33.0. The van der Waals surface area contributed by atoms with E-state index in [2.05, 4.69) is 91.0 Å². The van der Waals surface area contributed by atoms with Crippen LogP contribution in [0.25, 0.3) is 98.5 Å². The molecule has 0 saturated heterocycles. The molecule has 0 aliphatic heterocycles. The van der Waals surface area contributed by atoms with Crippen LogP contribution in [0.4, 0.5) is 0 Å². The maximum atomic E-state index is 6.55. The normalized spacial score (nSPS) is 11.6. The summed E-state index contributed by atoms with van der Waals surface area (Å²) in [4.78, 5) is 15.0. The topological polar surface area (TPSA) is 51.8 Å². The molecular formula is C45H27N3OS. The average Bonchev–Trinajstić information content (AvgIpc) is 3.76. The van der Waals surface area contributed by atoms with Crippen molar-refractivity contribution in [2.45, 2.75) is 0 Å². The maximum Gasteiger partial charge on any atom is 0.164 e. The molecule has 234 valence electrons. The Morgan fingerprint density at radius 1 is 0.380 bits per heavy atom. The van der Waals surface area contributed by atoms with Crippen molar-refractivity contribution in [1.29, 1.82) is 0 Å². The Morgan fingerprint density at radius 2 is 1.02 bits per heavy atom. The molecule has 50 heavy (non-hydrogen) atoms. The molecule has 10 aromatic rings. The van der Waals surface area contributed by atoms with E-state index < -0.39 is 0 Å². The van der Waals surface area contributed by atoms with E-state index in [4.69, 9.17) is 19.4 Å². The van der Waals surface area contributed by atoms with Gasteiger partial charge in [0.15, 0.2) is 17.5 Å². The molecule has 3 aromatic heterocycles. The number of hydrogen-bond acceptors (Lipinski definition) is 5. The van der Waals surface area contributed by atoms with Crippen LogP contribution < -0.4 is 0 Å². The lowest BCUT2D eigenvalue weighted by Gasteiger charge is -2.10. The van der Waals surface area contributed by atoms with Gasteiger partial charge in [-0.1, -0.05) is 133 Å². The van der Waals surface area contributed by atoms with Crippen LogP contribution in [0.3, 0.4) is 0 Å². The molecule has 0 N–H and O–H groups in total. The van der Waals surface area contributed by atoms with Crippen molar-refractivity contribution in [3.8, 4) is 56.4 Å². The van der Waals surface area contributed by atoms with E-state index in [0.29, 0.717) is 17.5 Å². The van der Waals surface area contributed by atoms with E-state index in [1.807, 2.05) is 72.8 Å². The lowest BCUT2D eigenvalue weighted by atomic mass is 9.95. The quantitative estimate of drug-likeness (QED) is 0.185. The van der Waals surface area contributed by atoms with Crippen LogP contribution in [0.5, 0.6) is 0 Å². The van der Waals surface area contributed by atoms with Gasteiger partial charge in [0.2, 0.25) is 0 Å². The highest BCUT2D eigenvalue weighted by Crippen LogP contribution is 2.44. The van der Waals surface area contributed by atoms with Crippen LogP contribution in [-0.2, 0) is 0 Å². The Labute approximate surface area is 292 Å². The van der Waals surface area contributed by atoms with Crippen molar-refractivity contribution in [3.05, 3.63) is 164 Å². The first kappa shape index (κ1) is 28.6. The minimum atomic E-state index is 0.654. The number of para-hydroxylation sites is 1. The molecule has 0 aliphatic rings. The molecule has 0 amide bonds. The lowest BCUT2D eigenvalue weighted by molar-refractivity contribution is 0.670. The molecule has 0 saturated carbocycles. The highest BCUT2D eigenvalue weighted by molar-refractivity contribution is 7.26. The van der Waals surface area contributed by atoms with Gasteiger partial charge in [0.05, 0.1) is 0 Å². The van der Waals surface area contributed by atoms with E-state index in [9.17, 15) is 0 Å². The van der Waals surface area contributed by atoms with Crippen molar-refractivity contribution in [3.63, 3.8) is 0 Å². The van der Waals surface area contributed by atoms with Crippen LogP contribution in [0.15, 0.2) is 168 Å². The molecule has 7 aromatic carbocycles. The summed E-state index contributed by atoms with van der Waals surface area (Å²) in [5.74, 6) is 1.97. The first-order chi connectivity index (χ1) is 24.8.